The van der Waals surface area contributed by atoms with Gasteiger partial charge in [0.15, 0.2) is 0 Å². The van der Waals surface area contributed by atoms with E-state index in [2.05, 4.69) is 15.7 Å². The van der Waals surface area contributed by atoms with Crippen molar-refractivity contribution in [3.8, 4) is 0 Å². The molecule has 0 saturated heterocycles. The average Bonchev–Trinajstić information content (AvgIpc) is 2.72. The van der Waals surface area contributed by atoms with E-state index in [-0.39, 0.29) is 11.8 Å². The third-order valence-corrected chi connectivity index (χ3v) is 2.75. The van der Waals surface area contributed by atoms with Crippen LogP contribution >= 0.6 is 0 Å². The van der Waals surface area contributed by atoms with Crippen molar-refractivity contribution in [1.82, 2.24) is 20.4 Å². The van der Waals surface area contributed by atoms with Crippen LogP contribution in [0.5, 0.6) is 0 Å². The predicted octanol–water partition coefficient (Wildman–Crippen LogP) is 0.324. The number of carbonyl (C=O) groups excluding carboxylic acids is 1. The van der Waals surface area contributed by atoms with Crippen molar-refractivity contribution in [2.75, 3.05) is 19.6 Å². The van der Waals surface area contributed by atoms with Crippen LogP contribution in [0.25, 0.3) is 0 Å². The zero-order chi connectivity index (χ0) is 12.7. The van der Waals surface area contributed by atoms with E-state index in [4.69, 9.17) is 0 Å². The van der Waals surface area contributed by atoms with Gasteiger partial charge in [-0.25, -0.2) is 0 Å². The van der Waals surface area contributed by atoms with Gasteiger partial charge in [-0.2, -0.15) is 5.10 Å². The molecule has 1 aromatic heterocycles. The molecule has 1 unspecified atom stereocenters. The van der Waals surface area contributed by atoms with Crippen LogP contribution in [0.2, 0.25) is 0 Å². The molecule has 0 spiro atoms. The Hall–Kier alpha value is -1.36. The molecule has 0 saturated carbocycles. The summed E-state index contributed by atoms with van der Waals surface area (Å²) in [5.74, 6) is 0.120. The summed E-state index contributed by atoms with van der Waals surface area (Å²) in [5.41, 5.74) is 1.13. The first-order valence-corrected chi connectivity index (χ1v) is 6.10. The van der Waals surface area contributed by atoms with Crippen molar-refractivity contribution >= 4 is 5.91 Å². The Labute approximate surface area is 103 Å². The van der Waals surface area contributed by atoms with Crippen molar-refractivity contribution in [3.63, 3.8) is 0 Å². The fourth-order valence-corrected chi connectivity index (χ4v) is 1.59. The highest BCUT2D eigenvalue weighted by atomic mass is 16.1. The van der Waals surface area contributed by atoms with Crippen molar-refractivity contribution in [2.45, 2.75) is 20.3 Å². The van der Waals surface area contributed by atoms with Gasteiger partial charge >= 0.3 is 0 Å². The number of hydrogen-bond acceptors (Lipinski definition) is 3. The van der Waals surface area contributed by atoms with Gasteiger partial charge < -0.3 is 10.6 Å². The molecular weight excluding hydrogens is 216 g/mol. The smallest absolute Gasteiger partial charge is 0.224 e. The Morgan fingerprint density at radius 3 is 2.94 bits per heavy atom. The minimum atomic E-state index is 0.0153. The van der Waals surface area contributed by atoms with E-state index in [9.17, 15) is 4.79 Å². The predicted molar refractivity (Wildman–Crippen MR) is 67.6 cm³/mol. The molecule has 5 nitrogen and oxygen atoms in total. The van der Waals surface area contributed by atoms with E-state index >= 15 is 0 Å². The van der Waals surface area contributed by atoms with Crippen molar-refractivity contribution in [3.05, 3.63) is 18.0 Å². The SMILES string of the molecule is CCNCC(C)C(=O)NCCc1ccnn1C. The molecule has 1 atom stereocenters. The lowest BCUT2D eigenvalue weighted by molar-refractivity contribution is -0.124. The minimum absolute atomic E-state index is 0.0153. The van der Waals surface area contributed by atoms with Gasteiger partial charge in [0.05, 0.1) is 0 Å². The Kier molecular flexibility index (Phi) is 5.69. The number of nitrogens with zero attached hydrogens (tertiary/aromatic N) is 2. The van der Waals surface area contributed by atoms with E-state index in [0.717, 1.165) is 25.2 Å². The average molecular weight is 238 g/mol. The molecule has 5 heteroatoms. The number of nitrogens with one attached hydrogen (secondary N) is 2. The fourth-order valence-electron chi connectivity index (χ4n) is 1.59. The summed E-state index contributed by atoms with van der Waals surface area (Å²) in [5, 5.41) is 10.2. The highest BCUT2D eigenvalue weighted by molar-refractivity contribution is 5.78. The highest BCUT2D eigenvalue weighted by Crippen LogP contribution is 1.97. The van der Waals surface area contributed by atoms with Crippen LogP contribution < -0.4 is 10.6 Å². The zero-order valence-corrected chi connectivity index (χ0v) is 10.9. The first kappa shape index (κ1) is 13.7. The monoisotopic (exact) mass is 238 g/mol. The van der Waals surface area contributed by atoms with Crippen LogP contribution in [0.15, 0.2) is 12.3 Å². The lowest BCUT2D eigenvalue weighted by Crippen LogP contribution is -2.36. The van der Waals surface area contributed by atoms with Crippen molar-refractivity contribution < 1.29 is 4.79 Å². The number of hydrogen-bond donors (Lipinski definition) is 2. The van der Waals surface area contributed by atoms with Crippen molar-refractivity contribution in [1.29, 1.82) is 0 Å². The summed E-state index contributed by atoms with van der Waals surface area (Å²) in [7, 11) is 1.91. The molecule has 0 fully saturated rings. The highest BCUT2D eigenvalue weighted by Gasteiger charge is 2.11. The fraction of sp³-hybridized carbons (Fsp3) is 0.667. The second-order valence-electron chi connectivity index (χ2n) is 4.20. The molecule has 0 aliphatic rings. The van der Waals surface area contributed by atoms with E-state index in [0.29, 0.717) is 6.54 Å². The Balaban J connectivity index is 2.22. The molecular formula is C12H22N4O. The number of aryl methyl sites for hydroxylation is 1. The van der Waals surface area contributed by atoms with Gasteiger partial charge in [-0.1, -0.05) is 13.8 Å². The van der Waals surface area contributed by atoms with Gasteiger partial charge in [-0.15, -0.1) is 0 Å². The first-order chi connectivity index (χ1) is 8.15. The standard InChI is InChI=1S/C12H22N4O/c1-4-13-9-10(2)12(17)14-7-5-11-6-8-15-16(11)3/h6,8,10,13H,4-5,7,9H2,1-3H3,(H,14,17). The Bertz CT molecular complexity index is 348. The molecule has 1 heterocycles. The number of carbonyl (C=O) groups is 1. The van der Waals surface area contributed by atoms with Gasteiger partial charge in [0, 0.05) is 44.4 Å². The molecule has 0 radical (unpaired) electrons. The molecule has 0 aromatic carbocycles. The van der Waals surface area contributed by atoms with Crippen molar-refractivity contribution in [2.24, 2.45) is 13.0 Å². The van der Waals surface area contributed by atoms with Gasteiger partial charge in [0.2, 0.25) is 5.91 Å². The third-order valence-electron chi connectivity index (χ3n) is 2.75. The summed E-state index contributed by atoms with van der Waals surface area (Å²) in [6.45, 7) is 6.25. The van der Waals surface area contributed by atoms with E-state index in [1.807, 2.05) is 31.6 Å². The van der Waals surface area contributed by atoms with Crippen LogP contribution in [0.1, 0.15) is 19.5 Å². The summed E-state index contributed by atoms with van der Waals surface area (Å²) in [4.78, 5) is 11.7. The third kappa shape index (κ3) is 4.56. The van der Waals surface area contributed by atoms with Crippen LogP contribution in [0, 0.1) is 5.92 Å². The molecule has 1 rings (SSSR count). The van der Waals surface area contributed by atoms with Crippen LogP contribution in [0.3, 0.4) is 0 Å². The second-order valence-corrected chi connectivity index (χ2v) is 4.20. The molecule has 0 bridgehead atoms. The maximum atomic E-state index is 11.7. The summed E-state index contributed by atoms with van der Waals surface area (Å²) in [6.07, 6.45) is 2.58. The van der Waals surface area contributed by atoms with E-state index < -0.39 is 0 Å². The van der Waals surface area contributed by atoms with Crippen LogP contribution in [-0.4, -0.2) is 35.3 Å². The molecule has 0 aliphatic carbocycles. The topological polar surface area (TPSA) is 59.0 Å². The van der Waals surface area contributed by atoms with Gasteiger partial charge in [0.25, 0.3) is 0 Å². The van der Waals surface area contributed by atoms with E-state index in [1.54, 1.807) is 6.20 Å². The maximum Gasteiger partial charge on any atom is 0.224 e. The summed E-state index contributed by atoms with van der Waals surface area (Å²) in [6, 6.07) is 1.97. The maximum absolute atomic E-state index is 11.7. The van der Waals surface area contributed by atoms with Gasteiger partial charge in [-0.05, 0) is 12.6 Å². The van der Waals surface area contributed by atoms with Gasteiger partial charge in [-0.3, -0.25) is 9.48 Å². The van der Waals surface area contributed by atoms with Crippen LogP contribution in [0.4, 0.5) is 0 Å². The lowest BCUT2D eigenvalue weighted by Gasteiger charge is -2.12. The summed E-state index contributed by atoms with van der Waals surface area (Å²) < 4.78 is 1.83. The largest absolute Gasteiger partial charge is 0.355 e. The number of rotatable bonds is 7. The van der Waals surface area contributed by atoms with Gasteiger partial charge in [0.1, 0.15) is 0 Å². The Morgan fingerprint density at radius 1 is 1.59 bits per heavy atom. The molecule has 0 aliphatic heterocycles. The second kappa shape index (κ2) is 7.06. The normalized spacial score (nSPS) is 12.4. The zero-order valence-electron chi connectivity index (χ0n) is 10.9. The summed E-state index contributed by atoms with van der Waals surface area (Å²) >= 11 is 0. The molecule has 96 valence electrons. The molecule has 1 aromatic rings. The number of amides is 1. The molecule has 17 heavy (non-hydrogen) atoms. The quantitative estimate of drug-likeness (QED) is 0.719. The lowest BCUT2D eigenvalue weighted by atomic mass is 10.1. The van der Waals surface area contributed by atoms with Crippen LogP contribution in [-0.2, 0) is 18.3 Å². The Morgan fingerprint density at radius 2 is 2.35 bits per heavy atom. The van der Waals surface area contributed by atoms with E-state index in [1.165, 1.54) is 0 Å². The molecule has 2 N–H and O–H groups in total. The first-order valence-electron chi connectivity index (χ1n) is 6.10. The minimum Gasteiger partial charge on any atom is -0.355 e. The number of aromatic nitrogens is 2. The molecule has 1 amide bonds.